The second-order valence-electron chi connectivity index (χ2n) is 5.65. The van der Waals surface area contributed by atoms with Gasteiger partial charge in [0.25, 0.3) is 5.91 Å². The molecule has 2 aromatic carbocycles. The number of amides is 3. The number of urea groups is 1. The molecule has 10 heteroatoms. The van der Waals surface area contributed by atoms with Gasteiger partial charge in [-0.25, -0.2) is 13.6 Å². The Balaban J connectivity index is 1.90. The van der Waals surface area contributed by atoms with Crippen molar-refractivity contribution < 1.29 is 27.9 Å². The van der Waals surface area contributed by atoms with Crippen molar-refractivity contribution in [1.29, 1.82) is 0 Å². The molecule has 3 amide bonds. The molecule has 2 rings (SSSR count). The highest BCUT2D eigenvalue weighted by molar-refractivity contribution is 6.30. The fraction of sp³-hybridized carbons (Fsp3) is 0.167. The SMILES string of the molecule is NC(=O)N[C@@H](CC(=O)OCC(=O)Nc1ccc(F)c(F)c1)c1ccc(Cl)cc1. The smallest absolute Gasteiger partial charge is 0.312 e. The second-order valence-corrected chi connectivity index (χ2v) is 6.09. The predicted octanol–water partition coefficient (Wildman–Crippen LogP) is 2.90. The summed E-state index contributed by atoms with van der Waals surface area (Å²) in [4.78, 5) is 34.9. The molecule has 0 saturated heterocycles. The minimum absolute atomic E-state index is 0.00869. The molecule has 0 aliphatic heterocycles. The molecule has 0 spiro atoms. The lowest BCUT2D eigenvalue weighted by atomic mass is 10.0. The lowest BCUT2D eigenvalue weighted by Crippen LogP contribution is -2.35. The summed E-state index contributed by atoms with van der Waals surface area (Å²) in [7, 11) is 0. The van der Waals surface area contributed by atoms with Crippen molar-refractivity contribution >= 4 is 35.2 Å². The first kappa shape index (κ1) is 21.1. The van der Waals surface area contributed by atoms with Gasteiger partial charge in [0.15, 0.2) is 18.2 Å². The van der Waals surface area contributed by atoms with Crippen LogP contribution in [0.1, 0.15) is 18.0 Å². The molecule has 0 aliphatic rings. The van der Waals surface area contributed by atoms with Gasteiger partial charge in [0, 0.05) is 16.8 Å². The number of carbonyl (C=O) groups is 3. The molecule has 0 heterocycles. The van der Waals surface area contributed by atoms with Crippen LogP contribution in [-0.4, -0.2) is 24.5 Å². The molecule has 0 fully saturated rings. The van der Waals surface area contributed by atoms with Crippen LogP contribution in [0, 0.1) is 11.6 Å². The minimum Gasteiger partial charge on any atom is -0.455 e. The fourth-order valence-electron chi connectivity index (χ4n) is 2.26. The van der Waals surface area contributed by atoms with Crippen molar-refractivity contribution in [2.45, 2.75) is 12.5 Å². The van der Waals surface area contributed by atoms with E-state index in [4.69, 9.17) is 22.1 Å². The number of nitrogens with two attached hydrogens (primary N) is 1. The molecule has 7 nitrogen and oxygen atoms in total. The molecule has 0 radical (unpaired) electrons. The Morgan fingerprint density at radius 1 is 1.07 bits per heavy atom. The molecule has 2 aromatic rings. The summed E-state index contributed by atoms with van der Waals surface area (Å²) < 4.78 is 30.8. The van der Waals surface area contributed by atoms with Crippen LogP contribution in [0.3, 0.4) is 0 Å². The summed E-state index contributed by atoms with van der Waals surface area (Å²) in [5.41, 5.74) is 5.69. The Morgan fingerprint density at radius 2 is 1.75 bits per heavy atom. The maximum Gasteiger partial charge on any atom is 0.312 e. The maximum absolute atomic E-state index is 13.1. The Hall–Kier alpha value is -3.20. The molecule has 148 valence electrons. The second kappa shape index (κ2) is 9.65. The third-order valence-corrected chi connectivity index (χ3v) is 3.78. The quantitative estimate of drug-likeness (QED) is 0.608. The molecule has 0 bridgehead atoms. The highest BCUT2D eigenvalue weighted by atomic mass is 35.5. The van der Waals surface area contributed by atoms with Crippen molar-refractivity contribution in [2.75, 3.05) is 11.9 Å². The van der Waals surface area contributed by atoms with Gasteiger partial charge < -0.3 is 21.1 Å². The summed E-state index contributed by atoms with van der Waals surface area (Å²) in [6, 6.07) is 7.54. The zero-order valence-electron chi connectivity index (χ0n) is 14.4. The monoisotopic (exact) mass is 411 g/mol. The van der Waals surface area contributed by atoms with Gasteiger partial charge in [-0.05, 0) is 29.8 Å². The lowest BCUT2D eigenvalue weighted by molar-refractivity contribution is -0.147. The Bertz CT molecular complexity index is 878. The third kappa shape index (κ3) is 6.51. The molecule has 1 atom stereocenters. The largest absolute Gasteiger partial charge is 0.455 e. The standard InChI is InChI=1S/C18H16ClF2N3O4/c19-11-3-1-10(2-4-11)15(24-18(22)27)8-17(26)28-9-16(25)23-12-5-6-13(20)14(21)7-12/h1-7,15H,8-9H2,(H,23,25)(H3,22,24,27)/t15-/m0/s1. The molecular weight excluding hydrogens is 396 g/mol. The first-order chi connectivity index (χ1) is 13.2. The van der Waals surface area contributed by atoms with E-state index in [1.807, 2.05) is 0 Å². The normalized spacial score (nSPS) is 11.4. The van der Waals surface area contributed by atoms with E-state index in [9.17, 15) is 23.2 Å². The van der Waals surface area contributed by atoms with E-state index >= 15 is 0 Å². The minimum atomic E-state index is -1.13. The van der Waals surface area contributed by atoms with E-state index in [-0.39, 0.29) is 12.1 Å². The number of carbonyl (C=O) groups excluding carboxylic acids is 3. The number of halogens is 3. The number of anilines is 1. The number of ether oxygens (including phenoxy) is 1. The molecule has 0 aliphatic carbocycles. The topological polar surface area (TPSA) is 111 Å². The molecule has 0 saturated carbocycles. The average Bonchev–Trinajstić information content (AvgIpc) is 2.63. The van der Waals surface area contributed by atoms with Crippen molar-refractivity contribution in [1.82, 2.24) is 5.32 Å². The van der Waals surface area contributed by atoms with Gasteiger partial charge in [-0.3, -0.25) is 9.59 Å². The van der Waals surface area contributed by atoms with Crippen molar-refractivity contribution in [3.63, 3.8) is 0 Å². The predicted molar refractivity (Wildman–Crippen MR) is 97.5 cm³/mol. The molecule has 0 aromatic heterocycles. The van der Waals surface area contributed by atoms with E-state index in [1.54, 1.807) is 24.3 Å². The number of hydrogen-bond donors (Lipinski definition) is 3. The zero-order valence-corrected chi connectivity index (χ0v) is 15.1. The number of nitrogens with one attached hydrogen (secondary N) is 2. The van der Waals surface area contributed by atoms with E-state index in [2.05, 4.69) is 10.6 Å². The van der Waals surface area contributed by atoms with Crippen molar-refractivity contribution in [3.8, 4) is 0 Å². The number of esters is 1. The highest BCUT2D eigenvalue weighted by Gasteiger charge is 2.19. The maximum atomic E-state index is 13.1. The van der Waals surface area contributed by atoms with Crippen LogP contribution in [-0.2, 0) is 14.3 Å². The Morgan fingerprint density at radius 3 is 2.36 bits per heavy atom. The summed E-state index contributed by atoms with van der Waals surface area (Å²) in [5, 5.41) is 5.13. The first-order valence-corrected chi connectivity index (χ1v) is 8.34. The summed E-state index contributed by atoms with van der Waals surface area (Å²) >= 11 is 5.80. The van der Waals surface area contributed by atoms with Crippen LogP contribution in [0.25, 0.3) is 0 Å². The number of primary amides is 1. The van der Waals surface area contributed by atoms with Gasteiger partial charge in [-0.2, -0.15) is 0 Å². The van der Waals surface area contributed by atoms with E-state index in [0.717, 1.165) is 18.2 Å². The highest BCUT2D eigenvalue weighted by Crippen LogP contribution is 2.20. The van der Waals surface area contributed by atoms with Gasteiger partial charge in [0.2, 0.25) is 0 Å². The van der Waals surface area contributed by atoms with Crippen molar-refractivity contribution in [3.05, 3.63) is 64.7 Å². The van der Waals surface area contributed by atoms with Gasteiger partial charge in [-0.1, -0.05) is 23.7 Å². The Kier molecular flexibility index (Phi) is 7.28. The van der Waals surface area contributed by atoms with Crippen LogP contribution < -0.4 is 16.4 Å². The van der Waals surface area contributed by atoms with Gasteiger partial charge in [-0.15, -0.1) is 0 Å². The van der Waals surface area contributed by atoms with Crippen LogP contribution in [0.4, 0.5) is 19.3 Å². The zero-order chi connectivity index (χ0) is 20.7. The van der Waals surface area contributed by atoms with Gasteiger partial charge >= 0.3 is 12.0 Å². The number of hydrogen-bond acceptors (Lipinski definition) is 4. The first-order valence-electron chi connectivity index (χ1n) is 7.96. The van der Waals surface area contributed by atoms with Crippen molar-refractivity contribution in [2.24, 2.45) is 5.73 Å². The van der Waals surface area contributed by atoms with Crippen LogP contribution in [0.15, 0.2) is 42.5 Å². The van der Waals surface area contributed by atoms with E-state index in [1.165, 1.54) is 0 Å². The van der Waals surface area contributed by atoms with Gasteiger partial charge in [0.05, 0.1) is 12.5 Å². The van der Waals surface area contributed by atoms with Gasteiger partial charge in [0.1, 0.15) is 0 Å². The number of rotatable bonds is 7. The summed E-state index contributed by atoms with van der Waals surface area (Å²) in [5.74, 6) is -3.71. The van der Waals surface area contributed by atoms with Crippen LogP contribution in [0.5, 0.6) is 0 Å². The fourth-order valence-corrected chi connectivity index (χ4v) is 2.39. The summed E-state index contributed by atoms with van der Waals surface area (Å²) in [6.07, 6.45) is -0.289. The lowest BCUT2D eigenvalue weighted by Gasteiger charge is -2.17. The van der Waals surface area contributed by atoms with Crippen LogP contribution in [0.2, 0.25) is 5.02 Å². The molecule has 4 N–H and O–H groups in total. The average molecular weight is 412 g/mol. The number of benzene rings is 2. The van der Waals surface area contributed by atoms with E-state index < -0.39 is 42.2 Å². The Labute approximate surface area is 163 Å². The summed E-state index contributed by atoms with van der Waals surface area (Å²) in [6.45, 7) is -0.651. The molecular formula is C18H16ClF2N3O4. The third-order valence-electron chi connectivity index (χ3n) is 3.53. The van der Waals surface area contributed by atoms with Crippen LogP contribution >= 0.6 is 11.6 Å². The van der Waals surface area contributed by atoms with E-state index in [0.29, 0.717) is 10.6 Å². The molecule has 28 heavy (non-hydrogen) atoms. The molecule has 0 unspecified atom stereocenters.